The number of nitrogens with zero attached hydrogens (tertiary/aromatic N) is 1. The molecule has 1 heterocycles. The van der Waals surface area contributed by atoms with E-state index in [0.717, 1.165) is 9.50 Å². The van der Waals surface area contributed by atoms with E-state index in [-0.39, 0.29) is 0 Å². The van der Waals surface area contributed by atoms with Crippen LogP contribution in [0.1, 0.15) is 11.8 Å². The van der Waals surface area contributed by atoms with Gasteiger partial charge in [-0.05, 0) is 35.0 Å². The molecule has 0 saturated heterocycles. The summed E-state index contributed by atoms with van der Waals surface area (Å²) in [5.41, 5.74) is 3.77. The Labute approximate surface area is 78.4 Å². The second-order valence-corrected chi connectivity index (χ2v) is 4.49. The van der Waals surface area contributed by atoms with Crippen LogP contribution in [0.4, 0.5) is 0 Å². The van der Waals surface area contributed by atoms with Gasteiger partial charge in [0.2, 0.25) is 0 Å². The van der Waals surface area contributed by atoms with E-state index in [2.05, 4.69) is 26.5 Å². The van der Waals surface area contributed by atoms with Gasteiger partial charge in [-0.25, -0.2) is 0 Å². The third-order valence-corrected chi connectivity index (χ3v) is 2.94. The average Bonchev–Trinajstić information content (AvgIpc) is 2.36. The van der Waals surface area contributed by atoms with E-state index in [4.69, 9.17) is 0 Å². The van der Waals surface area contributed by atoms with Gasteiger partial charge in [0.25, 0.3) is 0 Å². The standard InChI is InChI=1S/C7H9BrN2S/c1-5(10-9-2)6-3-4-7(8)11-6/h3-4,9H,1-2H3/b10-5-. The van der Waals surface area contributed by atoms with Crippen LogP contribution in [0.5, 0.6) is 0 Å². The number of nitrogens with one attached hydrogen (secondary N) is 1. The Hall–Kier alpha value is -0.350. The maximum Gasteiger partial charge on any atom is 0.0744 e. The minimum atomic E-state index is 1.02. The van der Waals surface area contributed by atoms with Crippen LogP contribution < -0.4 is 5.43 Å². The van der Waals surface area contributed by atoms with Gasteiger partial charge in [0, 0.05) is 7.05 Å². The second kappa shape index (κ2) is 3.88. The van der Waals surface area contributed by atoms with Crippen molar-refractivity contribution in [2.45, 2.75) is 6.92 Å². The Morgan fingerprint density at radius 1 is 1.64 bits per heavy atom. The van der Waals surface area contributed by atoms with Crippen molar-refractivity contribution in [3.05, 3.63) is 20.8 Å². The molecule has 1 aromatic heterocycles. The lowest BCUT2D eigenvalue weighted by molar-refractivity contribution is 0.900. The predicted octanol–water partition coefficient (Wildman–Crippen LogP) is 2.45. The summed E-state index contributed by atoms with van der Waals surface area (Å²) in [5.74, 6) is 0. The molecule has 0 aliphatic rings. The van der Waals surface area contributed by atoms with E-state index in [0.29, 0.717) is 0 Å². The third kappa shape index (κ3) is 2.31. The van der Waals surface area contributed by atoms with Crippen LogP contribution in [-0.2, 0) is 0 Å². The molecule has 4 heteroatoms. The Morgan fingerprint density at radius 3 is 2.82 bits per heavy atom. The van der Waals surface area contributed by atoms with Crippen molar-refractivity contribution < 1.29 is 0 Å². The molecule has 0 aliphatic carbocycles. The molecule has 0 aliphatic heterocycles. The average molecular weight is 233 g/mol. The zero-order chi connectivity index (χ0) is 8.27. The van der Waals surface area contributed by atoms with Crippen molar-refractivity contribution in [2.75, 3.05) is 7.05 Å². The van der Waals surface area contributed by atoms with Gasteiger partial charge in [-0.2, -0.15) is 5.10 Å². The minimum absolute atomic E-state index is 1.02. The van der Waals surface area contributed by atoms with Crippen molar-refractivity contribution in [1.29, 1.82) is 0 Å². The first-order valence-electron chi connectivity index (χ1n) is 3.21. The molecule has 1 N–H and O–H groups in total. The summed E-state index contributed by atoms with van der Waals surface area (Å²) in [6.07, 6.45) is 0. The van der Waals surface area contributed by atoms with Crippen LogP contribution in [0.25, 0.3) is 0 Å². The zero-order valence-corrected chi connectivity index (χ0v) is 8.79. The van der Waals surface area contributed by atoms with Crippen LogP contribution in [-0.4, -0.2) is 12.8 Å². The van der Waals surface area contributed by atoms with E-state index >= 15 is 0 Å². The minimum Gasteiger partial charge on any atom is -0.313 e. The first-order valence-corrected chi connectivity index (χ1v) is 4.81. The van der Waals surface area contributed by atoms with E-state index in [1.54, 1.807) is 18.4 Å². The molecule has 0 spiro atoms. The van der Waals surface area contributed by atoms with E-state index in [1.807, 2.05) is 19.1 Å². The predicted molar refractivity (Wildman–Crippen MR) is 53.3 cm³/mol. The maximum absolute atomic E-state index is 4.06. The molecule has 1 rings (SSSR count). The van der Waals surface area contributed by atoms with E-state index in [9.17, 15) is 0 Å². The molecule has 0 aromatic carbocycles. The first-order chi connectivity index (χ1) is 5.24. The second-order valence-electron chi connectivity index (χ2n) is 2.02. The molecule has 11 heavy (non-hydrogen) atoms. The lowest BCUT2D eigenvalue weighted by Gasteiger charge is -1.93. The largest absolute Gasteiger partial charge is 0.313 e. The number of rotatable bonds is 2. The van der Waals surface area contributed by atoms with E-state index < -0.39 is 0 Å². The Bertz CT molecular complexity index is 267. The molecule has 60 valence electrons. The fourth-order valence-electron chi connectivity index (χ4n) is 0.732. The molecule has 0 amide bonds. The van der Waals surface area contributed by atoms with Crippen molar-refractivity contribution in [2.24, 2.45) is 5.10 Å². The van der Waals surface area contributed by atoms with Gasteiger partial charge in [0.1, 0.15) is 0 Å². The quantitative estimate of drug-likeness (QED) is 0.615. The van der Waals surface area contributed by atoms with Gasteiger partial charge in [0.15, 0.2) is 0 Å². The summed E-state index contributed by atoms with van der Waals surface area (Å²) >= 11 is 5.08. The highest BCUT2D eigenvalue weighted by Crippen LogP contribution is 2.22. The van der Waals surface area contributed by atoms with Crippen LogP contribution in [0.15, 0.2) is 21.0 Å². The van der Waals surface area contributed by atoms with Gasteiger partial charge < -0.3 is 5.43 Å². The summed E-state index contributed by atoms with van der Waals surface area (Å²) in [4.78, 5) is 1.19. The van der Waals surface area contributed by atoms with Crippen molar-refractivity contribution in [3.63, 3.8) is 0 Å². The lowest BCUT2D eigenvalue weighted by Crippen LogP contribution is -2.00. The number of thiophene rings is 1. The van der Waals surface area contributed by atoms with Crippen molar-refractivity contribution in [1.82, 2.24) is 5.43 Å². The number of hydrazone groups is 1. The van der Waals surface area contributed by atoms with Crippen LogP contribution in [0.3, 0.4) is 0 Å². The number of hydrogen-bond acceptors (Lipinski definition) is 3. The molecule has 0 saturated carbocycles. The van der Waals surface area contributed by atoms with Crippen molar-refractivity contribution in [3.8, 4) is 0 Å². The molecule has 0 atom stereocenters. The molecule has 0 radical (unpaired) electrons. The smallest absolute Gasteiger partial charge is 0.0744 e. The fraction of sp³-hybridized carbons (Fsp3) is 0.286. The van der Waals surface area contributed by atoms with Gasteiger partial charge in [-0.3, -0.25) is 0 Å². The zero-order valence-electron chi connectivity index (χ0n) is 6.39. The van der Waals surface area contributed by atoms with Crippen LogP contribution >= 0.6 is 27.3 Å². The summed E-state index contributed by atoms with van der Waals surface area (Å²) in [6.45, 7) is 1.98. The highest BCUT2D eigenvalue weighted by atomic mass is 79.9. The SMILES string of the molecule is CN/N=C(/C)c1ccc(Br)s1. The Balaban J connectivity index is 2.84. The number of halogens is 1. The first kappa shape index (κ1) is 8.74. The van der Waals surface area contributed by atoms with Gasteiger partial charge in [0.05, 0.1) is 14.4 Å². The summed E-state index contributed by atoms with van der Waals surface area (Å²) in [7, 11) is 1.80. The van der Waals surface area contributed by atoms with Crippen LogP contribution in [0, 0.1) is 0 Å². The molecular weight excluding hydrogens is 224 g/mol. The Kier molecular flexibility index (Phi) is 3.08. The van der Waals surface area contributed by atoms with Gasteiger partial charge in [-0.15, -0.1) is 11.3 Å². The highest BCUT2D eigenvalue weighted by Gasteiger charge is 1.99. The summed E-state index contributed by atoms with van der Waals surface area (Å²) in [5, 5.41) is 4.06. The normalized spacial score (nSPS) is 11.7. The molecule has 0 bridgehead atoms. The molecule has 2 nitrogen and oxygen atoms in total. The number of hydrogen-bond donors (Lipinski definition) is 1. The monoisotopic (exact) mass is 232 g/mol. The maximum atomic E-state index is 4.06. The van der Waals surface area contributed by atoms with E-state index in [1.165, 1.54) is 4.88 Å². The molecule has 0 unspecified atom stereocenters. The lowest BCUT2D eigenvalue weighted by atomic mass is 10.3. The summed E-state index contributed by atoms with van der Waals surface area (Å²) in [6, 6.07) is 4.07. The molecule has 1 aromatic rings. The molecular formula is C7H9BrN2S. The third-order valence-electron chi connectivity index (χ3n) is 1.21. The topological polar surface area (TPSA) is 24.4 Å². The Morgan fingerprint density at radius 2 is 2.36 bits per heavy atom. The van der Waals surface area contributed by atoms with Gasteiger partial charge in [-0.1, -0.05) is 0 Å². The molecule has 0 fully saturated rings. The summed E-state index contributed by atoms with van der Waals surface area (Å²) < 4.78 is 1.14. The van der Waals surface area contributed by atoms with Crippen molar-refractivity contribution >= 4 is 33.0 Å². The van der Waals surface area contributed by atoms with Gasteiger partial charge >= 0.3 is 0 Å². The van der Waals surface area contributed by atoms with Crippen LogP contribution in [0.2, 0.25) is 0 Å². The fourth-order valence-corrected chi connectivity index (χ4v) is 2.06. The highest BCUT2D eigenvalue weighted by molar-refractivity contribution is 9.11.